The largest absolute Gasteiger partial charge is 0.308 e. The van der Waals surface area contributed by atoms with Crippen LogP contribution in [0, 0.1) is 0 Å². The van der Waals surface area contributed by atoms with Crippen LogP contribution in [0.15, 0.2) is 10.7 Å². The Labute approximate surface area is 98.4 Å². The van der Waals surface area contributed by atoms with E-state index in [9.17, 15) is 4.79 Å². The third kappa shape index (κ3) is 3.76. The number of hydrogen-bond donors (Lipinski definition) is 0. The number of halogens is 1. The van der Waals surface area contributed by atoms with Crippen molar-refractivity contribution in [1.29, 1.82) is 0 Å². The summed E-state index contributed by atoms with van der Waals surface area (Å²) in [5.41, 5.74) is 1.10. The molecule has 1 rings (SSSR count). The van der Waals surface area contributed by atoms with Crippen molar-refractivity contribution in [3.05, 3.63) is 16.4 Å². The third-order valence-corrected chi connectivity index (χ3v) is 2.82. The summed E-state index contributed by atoms with van der Waals surface area (Å²) in [6.45, 7) is 1.80. The molecule has 0 unspecified atom stereocenters. The maximum absolute atomic E-state index is 10.3. The van der Waals surface area contributed by atoms with Crippen LogP contribution in [0.1, 0.15) is 12.1 Å². The van der Waals surface area contributed by atoms with Gasteiger partial charge in [-0.15, -0.1) is 0 Å². The summed E-state index contributed by atoms with van der Waals surface area (Å²) in [4.78, 5) is 12.4. The molecule has 0 aliphatic carbocycles. The fourth-order valence-electron chi connectivity index (χ4n) is 1.32. The Hall–Kier alpha value is -0.680. The summed E-state index contributed by atoms with van der Waals surface area (Å²) in [6.07, 6.45) is 4.02. The lowest BCUT2D eigenvalue weighted by Crippen LogP contribution is -2.20. The molecule has 0 N–H and O–H groups in total. The van der Waals surface area contributed by atoms with E-state index in [1.807, 2.05) is 18.8 Å². The van der Waals surface area contributed by atoms with Crippen LogP contribution >= 0.6 is 15.9 Å². The van der Waals surface area contributed by atoms with Crippen LogP contribution in [0.5, 0.6) is 0 Å². The highest BCUT2D eigenvalue weighted by atomic mass is 79.9. The lowest BCUT2D eigenvalue weighted by molar-refractivity contribution is -0.107. The number of carbonyl (C=O) groups excluding carboxylic acids is 1. The number of hydrogen-bond acceptors (Lipinski definition) is 3. The molecular weight excluding hydrogens is 258 g/mol. The molecule has 0 radical (unpaired) electrons. The highest BCUT2D eigenvalue weighted by Crippen LogP contribution is 2.17. The van der Waals surface area contributed by atoms with Crippen molar-refractivity contribution >= 4 is 22.2 Å². The zero-order valence-electron chi connectivity index (χ0n) is 9.11. The van der Waals surface area contributed by atoms with E-state index in [2.05, 4.69) is 25.9 Å². The molecule has 0 atom stereocenters. The van der Waals surface area contributed by atoms with Crippen LogP contribution in [0.3, 0.4) is 0 Å². The summed E-state index contributed by atoms with van der Waals surface area (Å²) >= 11 is 3.44. The number of rotatable bonds is 6. The van der Waals surface area contributed by atoms with Crippen molar-refractivity contribution in [2.24, 2.45) is 0 Å². The molecule has 0 aliphatic heterocycles. The van der Waals surface area contributed by atoms with Gasteiger partial charge in [-0.25, -0.2) is 0 Å². The van der Waals surface area contributed by atoms with Gasteiger partial charge >= 0.3 is 0 Å². The lowest BCUT2D eigenvalue weighted by atomic mass is 10.2. The molecule has 1 aromatic heterocycles. The molecular formula is C10H16BrN3O. The number of likely N-dealkylation sites (N-methyl/N-ethyl adjacent to an activating group) is 1. The van der Waals surface area contributed by atoms with Gasteiger partial charge in [0.1, 0.15) is 6.29 Å². The van der Waals surface area contributed by atoms with Crippen LogP contribution in [0.4, 0.5) is 0 Å². The van der Waals surface area contributed by atoms with Crippen LogP contribution in [0.2, 0.25) is 0 Å². The molecule has 84 valence electrons. The van der Waals surface area contributed by atoms with E-state index in [1.165, 1.54) is 0 Å². The van der Waals surface area contributed by atoms with Gasteiger partial charge in [0.25, 0.3) is 0 Å². The minimum Gasteiger partial charge on any atom is -0.308 e. The third-order valence-electron chi connectivity index (χ3n) is 2.16. The van der Waals surface area contributed by atoms with Gasteiger partial charge in [0.2, 0.25) is 0 Å². The van der Waals surface area contributed by atoms with Gasteiger partial charge in [-0.1, -0.05) is 0 Å². The van der Waals surface area contributed by atoms with E-state index >= 15 is 0 Å². The Morgan fingerprint density at radius 1 is 1.60 bits per heavy atom. The van der Waals surface area contributed by atoms with Gasteiger partial charge < -0.3 is 9.69 Å². The highest BCUT2D eigenvalue weighted by molar-refractivity contribution is 9.10. The monoisotopic (exact) mass is 273 g/mol. The molecule has 0 saturated heterocycles. The van der Waals surface area contributed by atoms with E-state index in [-0.39, 0.29) is 0 Å². The van der Waals surface area contributed by atoms with Gasteiger partial charge in [-0.3, -0.25) is 4.68 Å². The quantitative estimate of drug-likeness (QED) is 0.735. The molecule has 15 heavy (non-hydrogen) atoms. The molecule has 1 heterocycles. The minimum atomic E-state index is 0.548. The summed E-state index contributed by atoms with van der Waals surface area (Å²) in [6, 6.07) is 0. The number of carbonyl (C=O) groups is 1. The average Bonchev–Trinajstić information content (AvgIpc) is 2.53. The van der Waals surface area contributed by atoms with Crippen molar-refractivity contribution in [1.82, 2.24) is 14.7 Å². The van der Waals surface area contributed by atoms with Crippen LogP contribution in [0.25, 0.3) is 0 Å². The number of aromatic nitrogens is 2. The molecule has 0 saturated carbocycles. The summed E-state index contributed by atoms with van der Waals surface area (Å²) in [5.74, 6) is 0. The fraction of sp³-hybridized carbons (Fsp3) is 0.600. The minimum absolute atomic E-state index is 0.548. The first-order chi connectivity index (χ1) is 7.15. The Morgan fingerprint density at radius 3 is 2.93 bits per heavy atom. The first-order valence-corrected chi connectivity index (χ1v) is 5.73. The molecule has 0 amide bonds. The van der Waals surface area contributed by atoms with Gasteiger partial charge in [0.15, 0.2) is 0 Å². The standard InChI is InChI=1S/C10H16BrN3O/c1-13(2)5-6-14-10(4-3-7-15)9(11)8-12-14/h7-8H,3-6H2,1-2H3. The summed E-state index contributed by atoms with van der Waals surface area (Å²) in [7, 11) is 4.06. The summed E-state index contributed by atoms with van der Waals surface area (Å²) < 4.78 is 2.94. The molecule has 1 aromatic rings. The Kier molecular flexibility index (Phi) is 4.98. The lowest BCUT2D eigenvalue weighted by Gasteiger charge is -2.11. The van der Waals surface area contributed by atoms with Crippen LogP contribution in [-0.4, -0.2) is 41.6 Å². The predicted molar refractivity (Wildman–Crippen MR) is 62.9 cm³/mol. The Balaban J connectivity index is 2.65. The smallest absolute Gasteiger partial charge is 0.120 e. The maximum Gasteiger partial charge on any atom is 0.120 e. The molecule has 0 fully saturated rings. The second-order valence-corrected chi connectivity index (χ2v) is 4.53. The van der Waals surface area contributed by atoms with Gasteiger partial charge in [0, 0.05) is 13.0 Å². The zero-order valence-corrected chi connectivity index (χ0v) is 10.7. The van der Waals surface area contributed by atoms with E-state index in [0.717, 1.165) is 36.0 Å². The maximum atomic E-state index is 10.3. The van der Waals surface area contributed by atoms with E-state index < -0.39 is 0 Å². The van der Waals surface area contributed by atoms with Crippen LogP contribution in [-0.2, 0) is 17.8 Å². The Bertz CT molecular complexity index is 322. The summed E-state index contributed by atoms with van der Waals surface area (Å²) in [5, 5.41) is 4.27. The molecule has 0 aromatic carbocycles. The van der Waals surface area contributed by atoms with Crippen molar-refractivity contribution in [2.75, 3.05) is 20.6 Å². The molecule has 0 spiro atoms. The fourth-order valence-corrected chi connectivity index (χ4v) is 1.81. The van der Waals surface area contributed by atoms with E-state index in [4.69, 9.17) is 0 Å². The van der Waals surface area contributed by atoms with Crippen molar-refractivity contribution in [3.8, 4) is 0 Å². The molecule has 4 nitrogen and oxygen atoms in total. The van der Waals surface area contributed by atoms with Gasteiger partial charge in [-0.05, 0) is 36.4 Å². The SMILES string of the molecule is CN(C)CCn1ncc(Br)c1CCC=O. The number of aldehydes is 1. The van der Waals surface area contributed by atoms with Gasteiger partial charge in [0.05, 0.1) is 22.9 Å². The first-order valence-electron chi connectivity index (χ1n) is 4.93. The highest BCUT2D eigenvalue weighted by Gasteiger charge is 2.08. The molecule has 0 aliphatic rings. The second kappa shape index (κ2) is 6.02. The topological polar surface area (TPSA) is 38.1 Å². The predicted octanol–water partition coefficient (Wildman–Crippen LogP) is 1.34. The van der Waals surface area contributed by atoms with Crippen LogP contribution < -0.4 is 0 Å². The Morgan fingerprint density at radius 2 is 2.33 bits per heavy atom. The normalized spacial score (nSPS) is 10.9. The molecule has 0 bridgehead atoms. The molecule has 5 heteroatoms. The van der Waals surface area contributed by atoms with E-state index in [1.54, 1.807) is 6.20 Å². The van der Waals surface area contributed by atoms with E-state index in [0.29, 0.717) is 6.42 Å². The second-order valence-electron chi connectivity index (χ2n) is 3.67. The van der Waals surface area contributed by atoms with Crippen molar-refractivity contribution < 1.29 is 4.79 Å². The van der Waals surface area contributed by atoms with Crippen molar-refractivity contribution in [3.63, 3.8) is 0 Å². The first kappa shape index (κ1) is 12.4. The number of nitrogens with zero attached hydrogens (tertiary/aromatic N) is 3. The average molecular weight is 274 g/mol. The van der Waals surface area contributed by atoms with Gasteiger partial charge in [-0.2, -0.15) is 5.10 Å². The van der Waals surface area contributed by atoms with Crippen molar-refractivity contribution in [2.45, 2.75) is 19.4 Å². The zero-order chi connectivity index (χ0) is 11.3.